The number of carbonyl (C=O) groups excluding carboxylic acids is 2. The molecule has 0 fully saturated rings. The van der Waals surface area contributed by atoms with E-state index in [1.54, 1.807) is 23.9 Å². The fraction of sp³-hybridized carbons (Fsp3) is 0.176. The molecule has 0 spiro atoms. The van der Waals surface area contributed by atoms with Crippen molar-refractivity contribution in [1.82, 2.24) is 0 Å². The molecule has 0 aliphatic rings. The van der Waals surface area contributed by atoms with E-state index < -0.39 is 0 Å². The monoisotopic (exact) mass is 315 g/mol. The molecule has 22 heavy (non-hydrogen) atoms. The molecule has 2 aromatic rings. The highest BCUT2D eigenvalue weighted by molar-refractivity contribution is 7.98. The molecule has 114 valence electrons. The van der Waals surface area contributed by atoms with Crippen molar-refractivity contribution in [1.29, 1.82) is 0 Å². The summed E-state index contributed by atoms with van der Waals surface area (Å²) < 4.78 is 4.67. The first-order valence-electron chi connectivity index (χ1n) is 6.77. The average Bonchev–Trinajstić information content (AvgIpc) is 2.53. The summed E-state index contributed by atoms with van der Waals surface area (Å²) in [5, 5.41) is 2.82. The number of thioether (sulfide) groups is 1. The van der Waals surface area contributed by atoms with Crippen molar-refractivity contribution >= 4 is 29.3 Å². The number of carbonyl (C=O) groups is 2. The van der Waals surface area contributed by atoms with E-state index in [0.717, 1.165) is 21.9 Å². The smallest absolute Gasteiger partial charge is 0.337 e. The Balaban J connectivity index is 2.04. The Hall–Kier alpha value is -2.27. The van der Waals surface area contributed by atoms with Gasteiger partial charge in [-0.05, 0) is 29.8 Å². The van der Waals surface area contributed by atoms with Gasteiger partial charge in [-0.2, -0.15) is 0 Å². The number of rotatable bonds is 5. The molecule has 0 radical (unpaired) electrons. The zero-order valence-electron chi connectivity index (χ0n) is 12.5. The Morgan fingerprint density at radius 3 is 2.41 bits per heavy atom. The number of para-hydroxylation sites is 1. The van der Waals surface area contributed by atoms with Crippen molar-refractivity contribution < 1.29 is 14.3 Å². The Morgan fingerprint density at radius 2 is 1.77 bits per heavy atom. The Kier molecular flexibility index (Phi) is 5.61. The zero-order valence-corrected chi connectivity index (χ0v) is 13.3. The van der Waals surface area contributed by atoms with Crippen molar-refractivity contribution in [3.63, 3.8) is 0 Å². The Labute approximate surface area is 133 Å². The van der Waals surface area contributed by atoms with E-state index >= 15 is 0 Å². The number of hydrogen-bond donors (Lipinski definition) is 1. The molecule has 0 aliphatic carbocycles. The van der Waals surface area contributed by atoms with E-state index in [0.29, 0.717) is 5.56 Å². The van der Waals surface area contributed by atoms with Gasteiger partial charge in [0.15, 0.2) is 0 Å². The summed E-state index contributed by atoms with van der Waals surface area (Å²) in [4.78, 5) is 23.6. The van der Waals surface area contributed by atoms with Gasteiger partial charge in [-0.1, -0.05) is 24.3 Å². The van der Waals surface area contributed by atoms with E-state index in [2.05, 4.69) is 10.1 Å². The molecule has 5 heteroatoms. The van der Waals surface area contributed by atoms with Crippen LogP contribution in [0.1, 0.15) is 22.8 Å². The molecule has 0 atom stereocenters. The molecule has 0 aromatic heterocycles. The second kappa shape index (κ2) is 7.66. The predicted molar refractivity (Wildman–Crippen MR) is 88.1 cm³/mol. The number of amides is 1. The summed E-state index contributed by atoms with van der Waals surface area (Å²) in [6.45, 7) is 1.49. The first-order valence-corrected chi connectivity index (χ1v) is 7.75. The third kappa shape index (κ3) is 4.36. The van der Waals surface area contributed by atoms with Gasteiger partial charge >= 0.3 is 5.97 Å². The third-order valence-corrected chi connectivity index (χ3v) is 4.11. The minimum absolute atomic E-state index is 0.0875. The van der Waals surface area contributed by atoms with E-state index in [1.165, 1.54) is 14.0 Å². The van der Waals surface area contributed by atoms with Crippen LogP contribution in [0.15, 0.2) is 53.4 Å². The topological polar surface area (TPSA) is 55.4 Å². The van der Waals surface area contributed by atoms with Gasteiger partial charge in [0.2, 0.25) is 5.91 Å². The lowest BCUT2D eigenvalue weighted by Crippen LogP contribution is -2.06. The van der Waals surface area contributed by atoms with Crippen molar-refractivity contribution in [2.75, 3.05) is 12.4 Å². The number of benzene rings is 2. The number of ether oxygens (including phenoxy) is 1. The Morgan fingerprint density at radius 1 is 1.09 bits per heavy atom. The summed E-state index contributed by atoms with van der Waals surface area (Å²) in [6, 6.07) is 15.0. The lowest BCUT2D eigenvalue weighted by atomic mass is 10.1. The zero-order chi connectivity index (χ0) is 15.9. The predicted octanol–water partition coefficient (Wildman–Crippen LogP) is 3.72. The molecular formula is C17H17NO3S. The highest BCUT2D eigenvalue weighted by atomic mass is 32.2. The summed E-state index contributed by atoms with van der Waals surface area (Å²) in [6.07, 6.45) is 0. The van der Waals surface area contributed by atoms with Crippen LogP contribution < -0.4 is 5.32 Å². The molecular weight excluding hydrogens is 298 g/mol. The lowest BCUT2D eigenvalue weighted by Gasteiger charge is -2.09. The van der Waals surface area contributed by atoms with Gasteiger partial charge in [-0.3, -0.25) is 4.79 Å². The SMILES string of the molecule is COC(=O)c1ccc(CSc2ccccc2NC(C)=O)cc1. The first kappa shape index (κ1) is 16.1. The molecule has 0 saturated carbocycles. The molecule has 0 heterocycles. The van der Waals surface area contributed by atoms with Crippen LogP contribution in [0, 0.1) is 0 Å². The van der Waals surface area contributed by atoms with Crippen molar-refractivity contribution in [3.8, 4) is 0 Å². The Bertz CT molecular complexity index is 668. The first-order chi connectivity index (χ1) is 10.6. The highest BCUT2D eigenvalue weighted by Gasteiger charge is 2.06. The number of nitrogens with one attached hydrogen (secondary N) is 1. The van der Waals surface area contributed by atoms with E-state index in [1.807, 2.05) is 36.4 Å². The minimum Gasteiger partial charge on any atom is -0.465 e. The molecule has 0 unspecified atom stereocenters. The second-order valence-corrected chi connectivity index (χ2v) is 5.67. The highest BCUT2D eigenvalue weighted by Crippen LogP contribution is 2.29. The van der Waals surface area contributed by atoms with Gasteiger partial charge in [-0.25, -0.2) is 4.79 Å². The number of hydrogen-bond acceptors (Lipinski definition) is 4. The van der Waals surface area contributed by atoms with E-state index in [-0.39, 0.29) is 11.9 Å². The number of anilines is 1. The van der Waals surface area contributed by atoms with Crippen LogP contribution in [0.25, 0.3) is 0 Å². The van der Waals surface area contributed by atoms with E-state index in [9.17, 15) is 9.59 Å². The van der Waals surface area contributed by atoms with Gasteiger partial charge < -0.3 is 10.1 Å². The summed E-state index contributed by atoms with van der Waals surface area (Å²) in [7, 11) is 1.37. The lowest BCUT2D eigenvalue weighted by molar-refractivity contribution is -0.114. The maximum Gasteiger partial charge on any atom is 0.337 e. The van der Waals surface area contributed by atoms with Crippen LogP contribution in [0.5, 0.6) is 0 Å². The van der Waals surface area contributed by atoms with Crippen LogP contribution in [0.4, 0.5) is 5.69 Å². The largest absolute Gasteiger partial charge is 0.465 e. The quantitative estimate of drug-likeness (QED) is 0.675. The van der Waals surface area contributed by atoms with Crippen LogP contribution >= 0.6 is 11.8 Å². The number of esters is 1. The van der Waals surface area contributed by atoms with Gasteiger partial charge in [0.25, 0.3) is 0 Å². The summed E-state index contributed by atoms with van der Waals surface area (Å²) in [5.74, 6) is 0.323. The average molecular weight is 315 g/mol. The van der Waals surface area contributed by atoms with Gasteiger partial charge in [0.1, 0.15) is 0 Å². The van der Waals surface area contributed by atoms with Crippen LogP contribution in [0.2, 0.25) is 0 Å². The van der Waals surface area contributed by atoms with Crippen LogP contribution in [0.3, 0.4) is 0 Å². The van der Waals surface area contributed by atoms with Gasteiger partial charge in [0, 0.05) is 17.6 Å². The maximum absolute atomic E-state index is 11.4. The summed E-state index contributed by atoms with van der Waals surface area (Å²) >= 11 is 1.63. The molecule has 2 rings (SSSR count). The van der Waals surface area contributed by atoms with Crippen molar-refractivity contribution in [3.05, 3.63) is 59.7 Å². The van der Waals surface area contributed by atoms with Gasteiger partial charge in [-0.15, -0.1) is 11.8 Å². The minimum atomic E-state index is -0.338. The van der Waals surface area contributed by atoms with Gasteiger partial charge in [0.05, 0.1) is 18.4 Å². The molecule has 2 aromatic carbocycles. The standard InChI is InChI=1S/C17H17NO3S/c1-12(19)18-15-5-3-4-6-16(15)22-11-13-7-9-14(10-8-13)17(20)21-2/h3-10H,11H2,1-2H3,(H,18,19). The van der Waals surface area contributed by atoms with Crippen LogP contribution in [-0.4, -0.2) is 19.0 Å². The van der Waals surface area contributed by atoms with E-state index in [4.69, 9.17) is 0 Å². The molecule has 1 N–H and O–H groups in total. The molecule has 0 aliphatic heterocycles. The molecule has 0 bridgehead atoms. The molecule has 4 nitrogen and oxygen atoms in total. The number of methoxy groups -OCH3 is 1. The third-order valence-electron chi connectivity index (χ3n) is 2.97. The fourth-order valence-electron chi connectivity index (χ4n) is 1.90. The normalized spacial score (nSPS) is 10.1. The fourth-order valence-corrected chi connectivity index (χ4v) is 2.87. The maximum atomic E-state index is 11.4. The van der Waals surface area contributed by atoms with Crippen LogP contribution in [-0.2, 0) is 15.3 Å². The van der Waals surface area contributed by atoms with Crippen molar-refractivity contribution in [2.24, 2.45) is 0 Å². The summed E-state index contributed by atoms with van der Waals surface area (Å²) in [5.41, 5.74) is 2.44. The molecule has 0 saturated heterocycles. The second-order valence-electron chi connectivity index (χ2n) is 4.65. The van der Waals surface area contributed by atoms with Crippen molar-refractivity contribution in [2.45, 2.75) is 17.6 Å². The molecule has 1 amide bonds.